The monoisotopic (exact) mass is 144 g/mol. The van der Waals surface area contributed by atoms with Gasteiger partial charge >= 0.3 is 0 Å². The fourth-order valence-corrected chi connectivity index (χ4v) is 0.222. The molecule has 5 nitrogen and oxygen atoms in total. The van der Waals surface area contributed by atoms with E-state index < -0.39 is 5.97 Å². The van der Waals surface area contributed by atoms with Crippen molar-refractivity contribution in [2.45, 2.75) is 6.92 Å². The van der Waals surface area contributed by atoms with Crippen LogP contribution in [0.3, 0.4) is 0 Å². The maximum absolute atomic E-state index is 9.00. The number of carboxylic acid groups (broad SMARTS) is 1. The Morgan fingerprint density at radius 3 is 2.50 bits per heavy atom. The molecule has 0 aliphatic heterocycles. The van der Waals surface area contributed by atoms with Gasteiger partial charge in [-0.15, -0.1) is 0 Å². The molecule has 0 amide bonds. The first kappa shape index (κ1) is 8.48. The molecule has 0 fully saturated rings. The Hall–Kier alpha value is -1.52. The van der Waals surface area contributed by atoms with Crippen LogP contribution < -0.4 is 5.73 Å². The Morgan fingerprint density at radius 2 is 2.40 bits per heavy atom. The third-order valence-corrected chi connectivity index (χ3v) is 0.458. The quantitative estimate of drug-likeness (QED) is 0.548. The first-order chi connectivity index (χ1) is 4.63. The number of hydrogen-bond donors (Lipinski definition) is 2. The van der Waals surface area contributed by atoms with Gasteiger partial charge in [0, 0.05) is 13.0 Å². The molecule has 0 unspecified atom stereocenters. The van der Waals surface area contributed by atoms with E-state index >= 15 is 0 Å². The number of anilines is 1. The van der Waals surface area contributed by atoms with E-state index in [1.165, 1.54) is 6.26 Å². The summed E-state index contributed by atoms with van der Waals surface area (Å²) in [7, 11) is 0. The third-order valence-electron chi connectivity index (χ3n) is 0.458. The van der Waals surface area contributed by atoms with Crippen LogP contribution in [-0.2, 0) is 4.79 Å². The van der Waals surface area contributed by atoms with Gasteiger partial charge in [0.15, 0.2) is 5.82 Å². The molecule has 0 bridgehead atoms. The summed E-state index contributed by atoms with van der Waals surface area (Å²) in [6, 6.07) is 1.58. The smallest absolute Gasteiger partial charge is 0.300 e. The molecule has 0 atom stereocenters. The minimum absolute atomic E-state index is 0.426. The zero-order chi connectivity index (χ0) is 7.98. The number of aliphatic carboxylic acids is 1. The predicted molar refractivity (Wildman–Crippen MR) is 34.2 cm³/mol. The molecular formula is C5H8N2O3. The van der Waals surface area contributed by atoms with E-state index in [0.717, 1.165) is 6.92 Å². The van der Waals surface area contributed by atoms with Crippen molar-refractivity contribution in [1.82, 2.24) is 5.16 Å². The minimum atomic E-state index is -0.833. The molecule has 0 radical (unpaired) electrons. The van der Waals surface area contributed by atoms with Crippen molar-refractivity contribution in [1.29, 1.82) is 0 Å². The van der Waals surface area contributed by atoms with Crippen LogP contribution in [0.25, 0.3) is 0 Å². The van der Waals surface area contributed by atoms with Crippen LogP contribution in [0.1, 0.15) is 6.92 Å². The number of carbonyl (C=O) groups is 1. The van der Waals surface area contributed by atoms with E-state index in [1.54, 1.807) is 6.07 Å². The van der Waals surface area contributed by atoms with Gasteiger partial charge in [0.2, 0.25) is 0 Å². The van der Waals surface area contributed by atoms with Crippen LogP contribution in [0.15, 0.2) is 16.9 Å². The number of carboxylic acids is 1. The standard InChI is InChI=1S/C3H4N2O.C2H4O2/c4-3-1-2-6-5-3;1-2(3)4/h1-2H,(H2,4,5);1H3,(H,3,4). The highest BCUT2D eigenvalue weighted by atomic mass is 16.5. The second-order valence-electron chi connectivity index (χ2n) is 1.44. The van der Waals surface area contributed by atoms with E-state index in [-0.39, 0.29) is 0 Å². The first-order valence-electron chi connectivity index (χ1n) is 2.48. The SMILES string of the molecule is CC(=O)O.Nc1ccon1. The van der Waals surface area contributed by atoms with Crippen LogP contribution in [0.2, 0.25) is 0 Å². The molecule has 1 aromatic rings. The van der Waals surface area contributed by atoms with Gasteiger partial charge < -0.3 is 15.4 Å². The molecule has 1 aromatic heterocycles. The second-order valence-corrected chi connectivity index (χ2v) is 1.44. The van der Waals surface area contributed by atoms with Gasteiger partial charge in [0.1, 0.15) is 6.26 Å². The van der Waals surface area contributed by atoms with Crippen molar-refractivity contribution >= 4 is 11.8 Å². The summed E-state index contributed by atoms with van der Waals surface area (Å²) in [6.07, 6.45) is 1.43. The number of nitrogens with two attached hydrogens (primary N) is 1. The van der Waals surface area contributed by atoms with E-state index in [4.69, 9.17) is 15.6 Å². The van der Waals surface area contributed by atoms with Gasteiger partial charge in [-0.05, 0) is 0 Å². The number of hydrogen-bond acceptors (Lipinski definition) is 4. The van der Waals surface area contributed by atoms with Crippen LogP contribution in [0.4, 0.5) is 5.82 Å². The van der Waals surface area contributed by atoms with Crippen LogP contribution in [-0.4, -0.2) is 16.2 Å². The summed E-state index contributed by atoms with van der Waals surface area (Å²) in [5, 5.41) is 10.7. The summed E-state index contributed by atoms with van der Waals surface area (Å²) >= 11 is 0. The van der Waals surface area contributed by atoms with E-state index in [0.29, 0.717) is 5.82 Å². The highest BCUT2D eigenvalue weighted by molar-refractivity contribution is 5.62. The molecule has 10 heavy (non-hydrogen) atoms. The number of rotatable bonds is 0. The summed E-state index contributed by atoms with van der Waals surface area (Å²) in [6.45, 7) is 1.08. The highest BCUT2D eigenvalue weighted by Crippen LogP contribution is 1.90. The molecule has 5 heteroatoms. The largest absolute Gasteiger partial charge is 0.481 e. The average molecular weight is 144 g/mol. The summed E-state index contributed by atoms with van der Waals surface area (Å²) < 4.78 is 4.34. The van der Waals surface area contributed by atoms with Crippen molar-refractivity contribution in [2.75, 3.05) is 5.73 Å². The average Bonchev–Trinajstić information content (AvgIpc) is 2.15. The molecule has 3 N–H and O–H groups in total. The number of nitrogens with zero attached hydrogens (tertiary/aromatic N) is 1. The van der Waals surface area contributed by atoms with Gasteiger partial charge in [-0.1, -0.05) is 5.16 Å². The van der Waals surface area contributed by atoms with Gasteiger partial charge in [0.05, 0.1) is 0 Å². The first-order valence-corrected chi connectivity index (χ1v) is 2.48. The molecule has 0 spiro atoms. The number of aromatic nitrogens is 1. The summed E-state index contributed by atoms with van der Waals surface area (Å²) in [5.41, 5.74) is 5.07. The molecule has 1 heterocycles. The minimum Gasteiger partial charge on any atom is -0.481 e. The Kier molecular flexibility index (Phi) is 3.70. The lowest BCUT2D eigenvalue weighted by molar-refractivity contribution is -0.134. The molecule has 0 saturated heterocycles. The van der Waals surface area contributed by atoms with Crippen molar-refractivity contribution in [3.05, 3.63) is 12.3 Å². The molecule has 0 aliphatic rings. The van der Waals surface area contributed by atoms with Crippen molar-refractivity contribution in [3.63, 3.8) is 0 Å². The normalized spacial score (nSPS) is 7.70. The summed E-state index contributed by atoms with van der Waals surface area (Å²) in [5.74, 6) is -0.407. The van der Waals surface area contributed by atoms with E-state index in [9.17, 15) is 0 Å². The summed E-state index contributed by atoms with van der Waals surface area (Å²) in [4.78, 5) is 9.00. The van der Waals surface area contributed by atoms with E-state index in [1.807, 2.05) is 0 Å². The molecule has 56 valence electrons. The van der Waals surface area contributed by atoms with Crippen LogP contribution in [0, 0.1) is 0 Å². The van der Waals surface area contributed by atoms with Gasteiger partial charge in [0.25, 0.3) is 5.97 Å². The molecule has 0 saturated carbocycles. The Morgan fingerprint density at radius 1 is 1.90 bits per heavy atom. The van der Waals surface area contributed by atoms with Crippen molar-refractivity contribution in [2.24, 2.45) is 0 Å². The predicted octanol–water partition coefficient (Wildman–Crippen LogP) is 0.348. The molecular weight excluding hydrogens is 136 g/mol. The van der Waals surface area contributed by atoms with E-state index in [2.05, 4.69) is 9.68 Å². The fraction of sp³-hybridized carbons (Fsp3) is 0.200. The third kappa shape index (κ3) is 6.48. The lowest BCUT2D eigenvalue weighted by Crippen LogP contribution is -1.79. The van der Waals surface area contributed by atoms with Crippen molar-refractivity contribution in [3.8, 4) is 0 Å². The van der Waals surface area contributed by atoms with Crippen LogP contribution >= 0.6 is 0 Å². The Balaban J connectivity index is 0.000000180. The molecule has 1 rings (SSSR count). The highest BCUT2D eigenvalue weighted by Gasteiger charge is 1.78. The maximum Gasteiger partial charge on any atom is 0.300 e. The van der Waals surface area contributed by atoms with Crippen LogP contribution in [0.5, 0.6) is 0 Å². The number of nitrogen functional groups attached to an aromatic ring is 1. The topological polar surface area (TPSA) is 89.3 Å². The maximum atomic E-state index is 9.00. The van der Waals surface area contributed by atoms with Crippen molar-refractivity contribution < 1.29 is 14.4 Å². The molecule has 0 aromatic carbocycles. The van der Waals surface area contributed by atoms with Gasteiger partial charge in [-0.2, -0.15) is 0 Å². The lowest BCUT2D eigenvalue weighted by atomic mass is 10.7. The zero-order valence-electron chi connectivity index (χ0n) is 5.44. The fourth-order valence-electron chi connectivity index (χ4n) is 0.222. The van der Waals surface area contributed by atoms with Gasteiger partial charge in [-0.25, -0.2) is 0 Å². The Labute approximate surface area is 57.4 Å². The molecule has 0 aliphatic carbocycles. The Bertz CT molecular complexity index is 179. The second kappa shape index (κ2) is 4.37. The van der Waals surface area contributed by atoms with Gasteiger partial charge in [-0.3, -0.25) is 4.79 Å². The lowest BCUT2D eigenvalue weighted by Gasteiger charge is -1.65. The zero-order valence-corrected chi connectivity index (χ0v) is 5.44.